The van der Waals surface area contributed by atoms with Crippen LogP contribution in [0.5, 0.6) is 11.5 Å². The summed E-state index contributed by atoms with van der Waals surface area (Å²) in [5, 5.41) is 29.9. The van der Waals surface area contributed by atoms with Crippen molar-refractivity contribution in [3.8, 4) is 11.5 Å². The second-order valence-electron chi connectivity index (χ2n) is 6.82. The zero-order chi connectivity index (χ0) is 23.5. The van der Waals surface area contributed by atoms with Crippen molar-refractivity contribution in [1.82, 2.24) is 0 Å². The van der Waals surface area contributed by atoms with E-state index < -0.39 is 9.85 Å². The molecule has 0 saturated carbocycles. The molecule has 0 amide bonds. The van der Waals surface area contributed by atoms with Crippen molar-refractivity contribution in [1.29, 1.82) is 0 Å². The summed E-state index contributed by atoms with van der Waals surface area (Å²) in [4.78, 5) is 20.1. The van der Waals surface area contributed by atoms with Crippen molar-refractivity contribution in [2.75, 3.05) is 13.2 Å². The number of hydrogen-bond acceptors (Lipinski definition) is 7. The molecular formula is C23H24N2O7. The molecule has 0 fully saturated rings. The number of benzene rings is 3. The fourth-order valence-electron chi connectivity index (χ4n) is 2.75. The summed E-state index contributed by atoms with van der Waals surface area (Å²) in [6.45, 7) is 4.69. The van der Waals surface area contributed by atoms with Crippen LogP contribution in [0.1, 0.15) is 16.7 Å². The maximum absolute atomic E-state index is 10.7. The number of nitro benzene ring substituents is 2. The minimum Gasteiger partial charge on any atom is -0.508 e. The zero-order valence-electron chi connectivity index (χ0n) is 17.8. The van der Waals surface area contributed by atoms with Gasteiger partial charge < -0.3 is 14.6 Å². The van der Waals surface area contributed by atoms with E-state index in [2.05, 4.69) is 0 Å². The molecular weight excluding hydrogens is 416 g/mol. The minimum absolute atomic E-state index is 0.0304. The van der Waals surface area contributed by atoms with Gasteiger partial charge in [0.15, 0.2) is 0 Å². The van der Waals surface area contributed by atoms with Gasteiger partial charge in [-0.1, -0.05) is 30.3 Å². The van der Waals surface area contributed by atoms with Crippen molar-refractivity contribution >= 4 is 11.4 Å². The van der Waals surface area contributed by atoms with Gasteiger partial charge in [-0.15, -0.1) is 0 Å². The number of rotatable bonds is 8. The molecule has 9 heteroatoms. The van der Waals surface area contributed by atoms with E-state index in [4.69, 9.17) is 14.6 Å². The first-order valence-electron chi connectivity index (χ1n) is 9.71. The Morgan fingerprint density at radius 2 is 1.41 bits per heavy atom. The molecule has 0 unspecified atom stereocenters. The standard InChI is InChI=1S/C16H17NO4.C7H7NO3/c1-13-11-15(7-8-16(13)17(18)19)21-10-9-20-12-14-5-3-2-4-6-14;1-5-4-6(9)2-3-7(5)8(10)11/h2-8,11H,9-10,12H2,1H3;2-4,9H,1H3. The molecule has 0 aromatic heterocycles. The molecule has 0 saturated heterocycles. The van der Waals surface area contributed by atoms with Gasteiger partial charge in [0.05, 0.1) is 23.1 Å². The average molecular weight is 440 g/mol. The molecule has 0 heterocycles. The van der Waals surface area contributed by atoms with Crippen molar-refractivity contribution in [2.24, 2.45) is 0 Å². The summed E-state index contributed by atoms with van der Waals surface area (Å²) in [7, 11) is 0. The molecule has 3 aromatic carbocycles. The first-order chi connectivity index (χ1) is 15.3. The number of phenolic OH excluding ortho intramolecular Hbond substituents is 1. The third-order valence-electron chi connectivity index (χ3n) is 4.35. The number of aryl methyl sites for hydroxylation is 2. The molecule has 0 aliphatic heterocycles. The molecule has 0 atom stereocenters. The fourth-order valence-corrected chi connectivity index (χ4v) is 2.75. The van der Waals surface area contributed by atoms with E-state index in [1.165, 1.54) is 24.3 Å². The largest absolute Gasteiger partial charge is 0.508 e. The molecule has 0 radical (unpaired) electrons. The fraction of sp³-hybridized carbons (Fsp3) is 0.217. The van der Waals surface area contributed by atoms with Gasteiger partial charge in [-0.25, -0.2) is 0 Å². The molecule has 32 heavy (non-hydrogen) atoms. The lowest BCUT2D eigenvalue weighted by Gasteiger charge is -2.08. The predicted octanol–water partition coefficient (Wildman–Crippen LogP) is 5.11. The maximum Gasteiger partial charge on any atom is 0.272 e. The highest BCUT2D eigenvalue weighted by Crippen LogP contribution is 2.23. The molecule has 0 bridgehead atoms. The lowest BCUT2D eigenvalue weighted by molar-refractivity contribution is -0.385. The summed E-state index contributed by atoms with van der Waals surface area (Å²) in [6, 6.07) is 18.6. The summed E-state index contributed by atoms with van der Waals surface area (Å²) >= 11 is 0. The van der Waals surface area contributed by atoms with Gasteiger partial charge in [0, 0.05) is 23.3 Å². The normalized spacial score (nSPS) is 10.1. The molecule has 3 rings (SSSR count). The predicted molar refractivity (Wildman–Crippen MR) is 119 cm³/mol. The molecule has 0 aliphatic rings. The minimum atomic E-state index is -0.477. The van der Waals surface area contributed by atoms with Gasteiger partial charge in [0.2, 0.25) is 0 Å². The molecule has 0 spiro atoms. The van der Waals surface area contributed by atoms with Gasteiger partial charge in [-0.05, 0) is 43.7 Å². The number of hydrogen-bond donors (Lipinski definition) is 1. The van der Waals surface area contributed by atoms with Crippen molar-refractivity contribution in [2.45, 2.75) is 20.5 Å². The van der Waals surface area contributed by atoms with E-state index in [0.717, 1.165) is 5.56 Å². The number of ether oxygens (including phenoxy) is 2. The number of phenols is 1. The first-order valence-corrected chi connectivity index (χ1v) is 9.71. The van der Waals surface area contributed by atoms with Crippen molar-refractivity contribution < 1.29 is 24.4 Å². The second-order valence-corrected chi connectivity index (χ2v) is 6.82. The lowest BCUT2D eigenvalue weighted by Crippen LogP contribution is -2.07. The molecule has 0 aliphatic carbocycles. The highest BCUT2D eigenvalue weighted by Gasteiger charge is 2.10. The molecule has 1 N–H and O–H groups in total. The van der Waals surface area contributed by atoms with Crippen LogP contribution in [0.3, 0.4) is 0 Å². The first kappa shape index (κ1) is 24.3. The van der Waals surface area contributed by atoms with E-state index in [1.54, 1.807) is 26.0 Å². The third-order valence-corrected chi connectivity index (χ3v) is 4.35. The Hall–Kier alpha value is -3.98. The maximum atomic E-state index is 10.7. The van der Waals surface area contributed by atoms with E-state index in [0.29, 0.717) is 36.7 Å². The van der Waals surface area contributed by atoms with Gasteiger partial charge in [0.1, 0.15) is 18.1 Å². The van der Waals surface area contributed by atoms with E-state index in [9.17, 15) is 20.2 Å². The van der Waals surface area contributed by atoms with Gasteiger partial charge in [-0.3, -0.25) is 20.2 Å². The zero-order valence-corrected chi connectivity index (χ0v) is 17.8. The van der Waals surface area contributed by atoms with Crippen LogP contribution in [-0.4, -0.2) is 28.2 Å². The highest BCUT2D eigenvalue weighted by molar-refractivity contribution is 5.44. The Morgan fingerprint density at radius 3 is 1.97 bits per heavy atom. The quantitative estimate of drug-likeness (QED) is 0.293. The SMILES string of the molecule is Cc1cc(O)ccc1[N+](=O)[O-].Cc1cc(OCCOCc2ccccc2)ccc1[N+](=O)[O-]. The molecule has 3 aromatic rings. The Balaban J connectivity index is 0.000000278. The lowest BCUT2D eigenvalue weighted by atomic mass is 10.2. The van der Waals surface area contributed by atoms with E-state index >= 15 is 0 Å². The number of nitro groups is 2. The second kappa shape index (κ2) is 12.0. The van der Waals surface area contributed by atoms with Crippen LogP contribution in [0, 0.1) is 34.1 Å². The van der Waals surface area contributed by atoms with Crippen LogP contribution in [0.15, 0.2) is 66.7 Å². The summed E-state index contributed by atoms with van der Waals surface area (Å²) in [6.07, 6.45) is 0. The van der Waals surface area contributed by atoms with E-state index in [1.807, 2.05) is 30.3 Å². The summed E-state index contributed by atoms with van der Waals surface area (Å²) in [5.41, 5.74) is 2.30. The highest BCUT2D eigenvalue weighted by atomic mass is 16.6. The monoisotopic (exact) mass is 440 g/mol. The Bertz CT molecular complexity index is 1060. The molecule has 9 nitrogen and oxygen atoms in total. The number of aromatic hydroxyl groups is 1. The summed E-state index contributed by atoms with van der Waals surface area (Å²) in [5.74, 6) is 0.662. The Morgan fingerprint density at radius 1 is 0.812 bits per heavy atom. The van der Waals surface area contributed by atoms with E-state index in [-0.39, 0.29) is 17.1 Å². The van der Waals surface area contributed by atoms with Crippen LogP contribution in [0.4, 0.5) is 11.4 Å². The summed E-state index contributed by atoms with van der Waals surface area (Å²) < 4.78 is 11.0. The smallest absolute Gasteiger partial charge is 0.272 e. The number of nitrogens with zero attached hydrogens (tertiary/aromatic N) is 2. The Kier molecular flexibility index (Phi) is 9.12. The third kappa shape index (κ3) is 7.69. The van der Waals surface area contributed by atoms with Crippen LogP contribution in [0.25, 0.3) is 0 Å². The van der Waals surface area contributed by atoms with Gasteiger partial charge >= 0.3 is 0 Å². The van der Waals surface area contributed by atoms with Crippen LogP contribution >= 0.6 is 0 Å². The van der Waals surface area contributed by atoms with Crippen molar-refractivity contribution in [3.63, 3.8) is 0 Å². The van der Waals surface area contributed by atoms with Crippen LogP contribution in [-0.2, 0) is 11.3 Å². The van der Waals surface area contributed by atoms with Gasteiger partial charge in [0.25, 0.3) is 11.4 Å². The molecule has 168 valence electrons. The Labute approximate surface area is 185 Å². The topological polar surface area (TPSA) is 125 Å². The van der Waals surface area contributed by atoms with Crippen LogP contribution in [0.2, 0.25) is 0 Å². The van der Waals surface area contributed by atoms with Crippen LogP contribution < -0.4 is 4.74 Å². The van der Waals surface area contributed by atoms with Crippen molar-refractivity contribution in [3.05, 3.63) is 104 Å². The average Bonchev–Trinajstić information content (AvgIpc) is 2.74. The van der Waals surface area contributed by atoms with Gasteiger partial charge in [-0.2, -0.15) is 0 Å².